The average Bonchev–Trinajstić information content (AvgIpc) is 3.58. The lowest BCUT2D eigenvalue weighted by Gasteiger charge is -2.19. The third kappa shape index (κ3) is 7.93. The van der Waals surface area contributed by atoms with Gasteiger partial charge in [-0.05, 0) is 102 Å². The molecule has 0 aliphatic rings. The maximum absolute atomic E-state index is 13.7. The number of methoxy groups -OCH3 is 1. The predicted molar refractivity (Wildman–Crippen MR) is 185 cm³/mol. The second kappa shape index (κ2) is 15.4. The van der Waals surface area contributed by atoms with Crippen LogP contribution in [0.5, 0.6) is 5.75 Å². The van der Waals surface area contributed by atoms with Gasteiger partial charge in [0.2, 0.25) is 11.1 Å². The topological polar surface area (TPSA) is 182 Å². The van der Waals surface area contributed by atoms with Crippen molar-refractivity contribution in [2.45, 2.75) is 38.4 Å². The SMILES string of the molecule is CCC(C(=O)Nc1cc(O)c(NC(=O)c2ccc(C(=O)OC)cc2)cc1Sc1nnnn1-c1ccccc1)S(=O)(=O)c1ccc(SC)cc1. The molecule has 0 spiro atoms. The Balaban J connectivity index is 1.49. The number of carbonyl (C=O) groups excluding carboxylic acids is 3. The number of tetrazole rings is 1. The molecule has 1 heterocycles. The van der Waals surface area contributed by atoms with Gasteiger partial charge in [0, 0.05) is 21.4 Å². The first kappa shape index (κ1) is 35.1. The number of amides is 2. The lowest BCUT2D eigenvalue weighted by Crippen LogP contribution is -2.34. The van der Waals surface area contributed by atoms with E-state index in [2.05, 4.69) is 26.2 Å². The number of ether oxygens (including phenoxy) is 1. The van der Waals surface area contributed by atoms with Gasteiger partial charge in [0.15, 0.2) is 9.84 Å². The normalized spacial score (nSPS) is 11.8. The summed E-state index contributed by atoms with van der Waals surface area (Å²) in [4.78, 5) is 39.7. The van der Waals surface area contributed by atoms with Crippen LogP contribution in [0.2, 0.25) is 0 Å². The van der Waals surface area contributed by atoms with Crippen LogP contribution in [-0.4, -0.2) is 70.1 Å². The van der Waals surface area contributed by atoms with E-state index in [1.54, 1.807) is 31.2 Å². The Hall–Kier alpha value is -5.19. The van der Waals surface area contributed by atoms with Crippen LogP contribution in [-0.2, 0) is 19.4 Å². The first-order valence-electron chi connectivity index (χ1n) is 14.6. The molecule has 0 bridgehead atoms. The van der Waals surface area contributed by atoms with Gasteiger partial charge in [-0.3, -0.25) is 9.59 Å². The molecule has 1 atom stereocenters. The summed E-state index contributed by atoms with van der Waals surface area (Å²) < 4.78 is 33.3. The molecule has 0 saturated carbocycles. The Morgan fingerprint density at radius 2 is 1.59 bits per heavy atom. The van der Waals surface area contributed by atoms with Crippen LogP contribution in [0, 0.1) is 0 Å². The lowest BCUT2D eigenvalue weighted by molar-refractivity contribution is -0.115. The summed E-state index contributed by atoms with van der Waals surface area (Å²) in [6, 6.07) is 23.6. The minimum absolute atomic E-state index is 0.00413. The van der Waals surface area contributed by atoms with Crippen molar-refractivity contribution < 1.29 is 32.6 Å². The number of phenols is 1. The highest BCUT2D eigenvalue weighted by Gasteiger charge is 2.33. The third-order valence-corrected chi connectivity index (χ3v) is 11.2. The maximum atomic E-state index is 13.7. The van der Waals surface area contributed by atoms with Gasteiger partial charge in [-0.15, -0.1) is 16.9 Å². The molecule has 5 rings (SSSR count). The van der Waals surface area contributed by atoms with Crippen molar-refractivity contribution in [2.75, 3.05) is 24.0 Å². The van der Waals surface area contributed by atoms with E-state index in [0.29, 0.717) is 5.69 Å². The second-order valence-corrected chi connectivity index (χ2v) is 14.3. The van der Waals surface area contributed by atoms with Crippen LogP contribution in [0.25, 0.3) is 5.69 Å². The van der Waals surface area contributed by atoms with Crippen molar-refractivity contribution in [3.05, 3.63) is 102 Å². The van der Waals surface area contributed by atoms with Crippen LogP contribution in [0.3, 0.4) is 0 Å². The van der Waals surface area contributed by atoms with Crippen LogP contribution in [0.1, 0.15) is 34.1 Å². The van der Waals surface area contributed by atoms with Crippen molar-refractivity contribution in [1.29, 1.82) is 0 Å². The molecule has 5 aromatic rings. The minimum atomic E-state index is -4.09. The molecular weight excluding hydrogens is 689 g/mol. The second-order valence-electron chi connectivity index (χ2n) is 10.3. The standard InChI is InChI=1S/C33H30N6O7S3/c1-4-29(49(44,45)24-16-14-23(47-3)15-17-24)31(42)35-26-18-27(40)25(34-30(41)20-10-12-21(13-11-20)32(43)46-2)19-28(26)48-33-36-37-38-39(33)22-8-6-5-7-9-22/h5-19,29,40H,4H2,1-3H3,(H,34,41)(H,35,42). The number of hydrogen-bond acceptors (Lipinski definition) is 12. The molecule has 1 aromatic heterocycles. The fourth-order valence-electron chi connectivity index (χ4n) is 4.68. The zero-order valence-electron chi connectivity index (χ0n) is 26.4. The average molecular weight is 719 g/mol. The van der Waals surface area contributed by atoms with Gasteiger partial charge >= 0.3 is 5.97 Å². The van der Waals surface area contributed by atoms with Gasteiger partial charge in [0.05, 0.1) is 34.6 Å². The number of nitrogens with one attached hydrogen (secondary N) is 2. The number of hydrogen-bond donors (Lipinski definition) is 3. The first-order valence-corrected chi connectivity index (χ1v) is 18.2. The monoisotopic (exact) mass is 718 g/mol. The van der Waals surface area contributed by atoms with E-state index in [4.69, 9.17) is 4.74 Å². The molecule has 0 radical (unpaired) electrons. The number of carbonyl (C=O) groups is 3. The number of anilines is 2. The zero-order chi connectivity index (χ0) is 35.1. The number of aromatic nitrogens is 4. The number of esters is 1. The van der Waals surface area contributed by atoms with E-state index in [0.717, 1.165) is 16.7 Å². The molecule has 0 aliphatic carbocycles. The highest BCUT2D eigenvalue weighted by molar-refractivity contribution is 7.99. The number of aromatic hydroxyl groups is 1. The fraction of sp³-hybridized carbons (Fsp3) is 0.152. The highest BCUT2D eigenvalue weighted by Crippen LogP contribution is 2.40. The van der Waals surface area contributed by atoms with Gasteiger partial charge in [0.25, 0.3) is 5.91 Å². The van der Waals surface area contributed by atoms with Crippen LogP contribution in [0.4, 0.5) is 11.4 Å². The number of para-hydroxylation sites is 1. The summed E-state index contributed by atoms with van der Waals surface area (Å²) in [5, 5.41) is 27.1. The summed E-state index contributed by atoms with van der Waals surface area (Å²) in [6.45, 7) is 1.59. The number of rotatable bonds is 12. The Labute approximate surface area is 290 Å². The van der Waals surface area contributed by atoms with E-state index in [-0.39, 0.29) is 43.9 Å². The Morgan fingerprint density at radius 3 is 2.22 bits per heavy atom. The van der Waals surface area contributed by atoms with Gasteiger partial charge in [-0.25, -0.2) is 13.2 Å². The molecule has 1 unspecified atom stereocenters. The number of phenolic OH excluding ortho intramolecular Hbond substituents is 1. The summed E-state index contributed by atoms with van der Waals surface area (Å²) in [5.41, 5.74) is 1.12. The number of benzene rings is 4. The molecule has 0 fully saturated rings. The van der Waals surface area contributed by atoms with Crippen LogP contribution < -0.4 is 10.6 Å². The first-order chi connectivity index (χ1) is 23.5. The summed E-state index contributed by atoms with van der Waals surface area (Å²) in [5.74, 6) is -2.39. The minimum Gasteiger partial charge on any atom is -0.506 e. The van der Waals surface area contributed by atoms with Crippen molar-refractivity contribution in [3.8, 4) is 11.4 Å². The largest absolute Gasteiger partial charge is 0.506 e. The van der Waals surface area contributed by atoms with Crippen molar-refractivity contribution in [3.63, 3.8) is 0 Å². The van der Waals surface area contributed by atoms with Crippen molar-refractivity contribution in [2.24, 2.45) is 0 Å². The summed E-state index contributed by atoms with van der Waals surface area (Å²) in [6.07, 6.45) is 1.84. The molecule has 13 nitrogen and oxygen atoms in total. The molecule has 49 heavy (non-hydrogen) atoms. The number of nitrogens with zero attached hydrogens (tertiary/aromatic N) is 4. The molecule has 3 N–H and O–H groups in total. The van der Waals surface area contributed by atoms with Crippen LogP contribution in [0.15, 0.2) is 111 Å². The van der Waals surface area contributed by atoms with Gasteiger partial charge in [0.1, 0.15) is 11.0 Å². The number of thioether (sulfide) groups is 1. The maximum Gasteiger partial charge on any atom is 0.337 e. The summed E-state index contributed by atoms with van der Waals surface area (Å²) >= 11 is 2.47. The smallest absolute Gasteiger partial charge is 0.337 e. The quantitative estimate of drug-likeness (QED) is 0.0842. The zero-order valence-corrected chi connectivity index (χ0v) is 28.8. The van der Waals surface area contributed by atoms with Gasteiger partial charge < -0.3 is 20.5 Å². The molecular formula is C33H30N6O7S3. The molecule has 4 aromatic carbocycles. The Kier molecular flexibility index (Phi) is 11.0. The molecule has 252 valence electrons. The molecule has 16 heteroatoms. The van der Waals surface area contributed by atoms with E-state index in [1.807, 2.05) is 24.5 Å². The van der Waals surface area contributed by atoms with Crippen molar-refractivity contribution >= 4 is 62.5 Å². The highest BCUT2D eigenvalue weighted by atomic mass is 32.2. The Morgan fingerprint density at radius 1 is 0.918 bits per heavy atom. The van der Waals surface area contributed by atoms with E-state index >= 15 is 0 Å². The van der Waals surface area contributed by atoms with E-state index in [9.17, 15) is 27.9 Å². The molecule has 0 saturated heterocycles. The number of sulfone groups is 1. The summed E-state index contributed by atoms with van der Waals surface area (Å²) in [7, 11) is -2.84. The lowest BCUT2D eigenvalue weighted by atomic mass is 10.1. The predicted octanol–water partition coefficient (Wildman–Crippen LogP) is 5.47. The molecule has 0 aliphatic heterocycles. The fourth-order valence-corrected chi connectivity index (χ4v) is 7.61. The van der Waals surface area contributed by atoms with Gasteiger partial charge in [-0.1, -0.05) is 25.1 Å². The molecule has 2 amide bonds. The van der Waals surface area contributed by atoms with E-state index in [1.165, 1.54) is 72.1 Å². The van der Waals surface area contributed by atoms with Crippen LogP contribution >= 0.6 is 23.5 Å². The Bertz CT molecular complexity index is 2090. The van der Waals surface area contributed by atoms with Crippen molar-refractivity contribution in [1.82, 2.24) is 20.2 Å². The van der Waals surface area contributed by atoms with E-state index < -0.39 is 38.6 Å². The van der Waals surface area contributed by atoms with Gasteiger partial charge in [-0.2, -0.15) is 4.68 Å². The third-order valence-electron chi connectivity index (χ3n) is 7.24.